The zero-order valence-electron chi connectivity index (χ0n) is 15.5. The second kappa shape index (κ2) is 7.29. The smallest absolute Gasteiger partial charge is 0.223 e. The molecular weight excluding hydrogens is 318 g/mol. The number of aromatic nitrogens is 4. The van der Waals surface area contributed by atoms with Crippen molar-refractivity contribution in [2.24, 2.45) is 7.05 Å². The summed E-state index contributed by atoms with van der Waals surface area (Å²) in [5.74, 6) is 1.96. The van der Waals surface area contributed by atoms with Crippen molar-refractivity contribution in [3.8, 4) is 5.88 Å². The summed E-state index contributed by atoms with van der Waals surface area (Å²) in [7, 11) is 3.54. The van der Waals surface area contributed by atoms with Crippen molar-refractivity contribution in [2.45, 2.75) is 52.1 Å². The third kappa shape index (κ3) is 3.41. The number of likely N-dealkylation sites (tertiary alicyclic amines) is 1. The van der Waals surface area contributed by atoms with Gasteiger partial charge in [-0.05, 0) is 33.1 Å². The number of hydrogen-bond acceptors (Lipinski definition) is 4. The van der Waals surface area contributed by atoms with E-state index in [-0.39, 0.29) is 11.9 Å². The second-order valence-corrected chi connectivity index (χ2v) is 6.65. The molecule has 1 atom stereocenters. The number of carbonyl (C=O) groups is 1. The zero-order chi connectivity index (χ0) is 18.0. The topological polar surface area (TPSA) is 65.2 Å². The molecule has 0 spiro atoms. The van der Waals surface area contributed by atoms with E-state index in [0.29, 0.717) is 6.42 Å². The third-order valence-electron chi connectivity index (χ3n) is 5.03. The normalized spacial score (nSPS) is 17.3. The van der Waals surface area contributed by atoms with Gasteiger partial charge in [-0.25, -0.2) is 9.67 Å². The second-order valence-electron chi connectivity index (χ2n) is 6.65. The molecule has 0 saturated carbocycles. The van der Waals surface area contributed by atoms with Gasteiger partial charge in [0.05, 0.1) is 24.4 Å². The predicted molar refractivity (Wildman–Crippen MR) is 94.4 cm³/mol. The van der Waals surface area contributed by atoms with Crippen LogP contribution < -0.4 is 4.74 Å². The van der Waals surface area contributed by atoms with Crippen LogP contribution in [0.5, 0.6) is 5.88 Å². The average Bonchev–Trinajstić information content (AvgIpc) is 3.26. The van der Waals surface area contributed by atoms with Crippen LogP contribution >= 0.6 is 0 Å². The minimum atomic E-state index is 0.0751. The molecule has 2 aromatic rings. The summed E-state index contributed by atoms with van der Waals surface area (Å²) in [6.07, 6.45) is 7.12. The van der Waals surface area contributed by atoms with Gasteiger partial charge in [-0.3, -0.25) is 4.79 Å². The van der Waals surface area contributed by atoms with Crippen molar-refractivity contribution in [1.82, 2.24) is 24.2 Å². The summed E-state index contributed by atoms with van der Waals surface area (Å²) in [6, 6.07) is 0.0751. The molecule has 7 heteroatoms. The van der Waals surface area contributed by atoms with E-state index in [1.807, 2.05) is 32.0 Å². The van der Waals surface area contributed by atoms with Crippen LogP contribution in [0.25, 0.3) is 0 Å². The van der Waals surface area contributed by atoms with Crippen molar-refractivity contribution < 1.29 is 9.53 Å². The molecule has 1 fully saturated rings. The lowest BCUT2D eigenvalue weighted by Crippen LogP contribution is -2.31. The van der Waals surface area contributed by atoms with E-state index in [1.165, 1.54) is 0 Å². The largest absolute Gasteiger partial charge is 0.481 e. The molecule has 1 aliphatic rings. The van der Waals surface area contributed by atoms with Crippen LogP contribution in [-0.4, -0.2) is 43.8 Å². The van der Waals surface area contributed by atoms with Gasteiger partial charge in [-0.2, -0.15) is 5.10 Å². The van der Waals surface area contributed by atoms with E-state index < -0.39 is 0 Å². The fraction of sp³-hybridized carbons (Fsp3) is 0.611. The minimum Gasteiger partial charge on any atom is -0.481 e. The first kappa shape index (κ1) is 17.5. The lowest BCUT2D eigenvalue weighted by Gasteiger charge is -2.25. The number of amides is 1. The van der Waals surface area contributed by atoms with Crippen LogP contribution in [0.1, 0.15) is 48.8 Å². The van der Waals surface area contributed by atoms with Crippen molar-refractivity contribution in [3.63, 3.8) is 0 Å². The highest BCUT2D eigenvalue weighted by atomic mass is 16.5. The Morgan fingerprint density at radius 2 is 2.20 bits per heavy atom. The number of nitrogens with zero attached hydrogens (tertiary/aromatic N) is 5. The number of ether oxygens (including phenoxy) is 1. The van der Waals surface area contributed by atoms with E-state index in [1.54, 1.807) is 18.0 Å². The molecule has 136 valence electrons. The highest BCUT2D eigenvalue weighted by Crippen LogP contribution is 2.39. The van der Waals surface area contributed by atoms with Crippen molar-refractivity contribution in [1.29, 1.82) is 0 Å². The van der Waals surface area contributed by atoms with E-state index in [4.69, 9.17) is 4.74 Å². The lowest BCUT2D eigenvalue weighted by molar-refractivity contribution is -0.132. The molecular formula is C18H27N5O2. The molecule has 0 bridgehead atoms. The van der Waals surface area contributed by atoms with Gasteiger partial charge >= 0.3 is 0 Å². The van der Waals surface area contributed by atoms with Gasteiger partial charge in [0, 0.05) is 39.0 Å². The first-order valence-corrected chi connectivity index (χ1v) is 8.87. The van der Waals surface area contributed by atoms with Crippen LogP contribution in [0, 0.1) is 13.8 Å². The Morgan fingerprint density at radius 3 is 2.88 bits per heavy atom. The molecule has 7 nitrogen and oxygen atoms in total. The first-order valence-electron chi connectivity index (χ1n) is 8.87. The van der Waals surface area contributed by atoms with Crippen LogP contribution in [0.3, 0.4) is 0 Å². The third-order valence-corrected chi connectivity index (χ3v) is 5.03. The van der Waals surface area contributed by atoms with Crippen molar-refractivity contribution in [2.75, 3.05) is 13.7 Å². The molecule has 1 aliphatic heterocycles. The quantitative estimate of drug-likeness (QED) is 0.806. The van der Waals surface area contributed by atoms with Gasteiger partial charge in [0.15, 0.2) is 0 Å². The van der Waals surface area contributed by atoms with Gasteiger partial charge in [0.2, 0.25) is 11.8 Å². The SMILES string of the molecule is COc1c([C@@H]2CCCN2C(=O)CCCn2ccnc2C)c(C)nn1C. The van der Waals surface area contributed by atoms with Gasteiger partial charge in [-0.15, -0.1) is 0 Å². The van der Waals surface area contributed by atoms with Crippen LogP contribution in [0.15, 0.2) is 12.4 Å². The van der Waals surface area contributed by atoms with E-state index >= 15 is 0 Å². The molecule has 0 aliphatic carbocycles. The van der Waals surface area contributed by atoms with Gasteiger partial charge in [-0.1, -0.05) is 0 Å². The maximum atomic E-state index is 12.8. The summed E-state index contributed by atoms with van der Waals surface area (Å²) in [4.78, 5) is 19.0. The highest BCUT2D eigenvalue weighted by Gasteiger charge is 2.34. The average molecular weight is 345 g/mol. The Labute approximate surface area is 148 Å². The summed E-state index contributed by atoms with van der Waals surface area (Å²) in [6.45, 7) is 5.60. The predicted octanol–water partition coefficient (Wildman–Crippen LogP) is 2.39. The van der Waals surface area contributed by atoms with E-state index in [2.05, 4.69) is 14.6 Å². The minimum absolute atomic E-state index is 0.0751. The molecule has 1 saturated heterocycles. The summed E-state index contributed by atoms with van der Waals surface area (Å²) >= 11 is 0. The molecule has 0 unspecified atom stereocenters. The number of hydrogen-bond donors (Lipinski definition) is 0. The number of rotatable bonds is 6. The van der Waals surface area contributed by atoms with Crippen LogP contribution in [0.4, 0.5) is 0 Å². The molecule has 3 rings (SSSR count). The zero-order valence-corrected chi connectivity index (χ0v) is 15.5. The van der Waals surface area contributed by atoms with Gasteiger partial charge in [0.1, 0.15) is 5.82 Å². The van der Waals surface area contributed by atoms with Gasteiger partial charge in [0.25, 0.3) is 0 Å². The Hall–Kier alpha value is -2.31. The molecule has 1 amide bonds. The van der Waals surface area contributed by atoms with Crippen molar-refractivity contribution in [3.05, 3.63) is 29.5 Å². The Kier molecular flexibility index (Phi) is 5.11. The molecule has 3 heterocycles. The first-order chi connectivity index (χ1) is 12.0. The number of aryl methyl sites for hydroxylation is 4. The maximum Gasteiger partial charge on any atom is 0.223 e. The molecule has 0 aromatic carbocycles. The molecule has 25 heavy (non-hydrogen) atoms. The van der Waals surface area contributed by atoms with E-state index in [0.717, 1.165) is 55.3 Å². The molecule has 0 N–H and O–H groups in total. The van der Waals surface area contributed by atoms with Gasteiger partial charge < -0.3 is 14.2 Å². The standard InChI is InChI=1S/C18H27N5O2/c1-13-17(18(25-4)21(3)20-13)15-7-5-11-23(15)16(24)8-6-10-22-12-9-19-14(22)2/h9,12,15H,5-8,10-11H2,1-4H3/t15-/m0/s1. The highest BCUT2D eigenvalue weighted by molar-refractivity contribution is 5.77. The lowest BCUT2D eigenvalue weighted by atomic mass is 10.0. The van der Waals surface area contributed by atoms with Crippen LogP contribution in [0.2, 0.25) is 0 Å². The van der Waals surface area contributed by atoms with E-state index in [9.17, 15) is 4.79 Å². The fourth-order valence-corrected chi connectivity index (χ4v) is 3.83. The Morgan fingerprint density at radius 1 is 1.40 bits per heavy atom. The van der Waals surface area contributed by atoms with Crippen LogP contribution in [-0.2, 0) is 18.4 Å². The Balaban J connectivity index is 1.67. The van der Waals surface area contributed by atoms with Crippen molar-refractivity contribution >= 4 is 5.91 Å². The number of methoxy groups -OCH3 is 1. The maximum absolute atomic E-state index is 12.8. The molecule has 2 aromatic heterocycles. The summed E-state index contributed by atoms with van der Waals surface area (Å²) < 4.78 is 9.38. The molecule has 0 radical (unpaired) electrons. The number of imidazole rings is 1. The number of carbonyl (C=O) groups excluding carboxylic acids is 1. The monoisotopic (exact) mass is 345 g/mol. The Bertz CT molecular complexity index is 749. The summed E-state index contributed by atoms with van der Waals surface area (Å²) in [5, 5.41) is 4.47. The summed E-state index contributed by atoms with van der Waals surface area (Å²) in [5.41, 5.74) is 2.00. The fourth-order valence-electron chi connectivity index (χ4n) is 3.83.